The van der Waals surface area contributed by atoms with E-state index in [9.17, 15) is 4.79 Å². The van der Waals surface area contributed by atoms with Gasteiger partial charge in [-0.15, -0.1) is 0 Å². The first-order valence-electron chi connectivity index (χ1n) is 8.68. The van der Waals surface area contributed by atoms with Crippen LogP contribution in [0.5, 0.6) is 0 Å². The Kier molecular flexibility index (Phi) is 5.88. The summed E-state index contributed by atoms with van der Waals surface area (Å²) in [5.74, 6) is 1.16. The first-order chi connectivity index (χ1) is 9.66. The van der Waals surface area contributed by atoms with Gasteiger partial charge in [0.05, 0.1) is 5.41 Å². The maximum atomic E-state index is 12.8. The highest BCUT2D eigenvalue weighted by Crippen LogP contribution is 2.33. The quantitative estimate of drug-likeness (QED) is 0.776. The minimum absolute atomic E-state index is 0.134. The van der Waals surface area contributed by atoms with Gasteiger partial charge in [0.2, 0.25) is 5.91 Å². The second kappa shape index (κ2) is 7.44. The van der Waals surface area contributed by atoms with Crippen molar-refractivity contribution in [2.24, 2.45) is 11.3 Å². The minimum atomic E-state index is -0.134. The molecule has 3 heteroatoms. The molecule has 2 aliphatic rings. The molecule has 1 aliphatic carbocycles. The lowest BCUT2D eigenvalue weighted by Gasteiger charge is -2.37. The van der Waals surface area contributed by atoms with Gasteiger partial charge in [0, 0.05) is 12.6 Å². The van der Waals surface area contributed by atoms with E-state index in [0.717, 1.165) is 44.7 Å². The van der Waals surface area contributed by atoms with E-state index in [2.05, 4.69) is 24.5 Å². The highest BCUT2D eigenvalue weighted by molar-refractivity contribution is 5.83. The second-order valence-corrected chi connectivity index (χ2v) is 7.09. The average Bonchev–Trinajstić information content (AvgIpc) is 2.65. The molecule has 20 heavy (non-hydrogen) atoms. The smallest absolute Gasteiger partial charge is 0.227 e. The van der Waals surface area contributed by atoms with Crippen molar-refractivity contribution in [2.75, 3.05) is 13.1 Å². The highest BCUT2D eigenvalue weighted by atomic mass is 16.2. The Hall–Kier alpha value is -0.570. The summed E-state index contributed by atoms with van der Waals surface area (Å²) in [6.07, 6.45) is 10.5. The molecule has 1 saturated carbocycles. The molecule has 3 unspecified atom stereocenters. The summed E-state index contributed by atoms with van der Waals surface area (Å²) in [5, 5.41) is 6.83. The number of piperidine rings is 1. The van der Waals surface area contributed by atoms with Crippen LogP contribution in [0.1, 0.15) is 71.6 Å². The van der Waals surface area contributed by atoms with Crippen molar-refractivity contribution in [1.29, 1.82) is 0 Å². The van der Waals surface area contributed by atoms with Gasteiger partial charge in [-0.2, -0.15) is 0 Å². The normalized spacial score (nSPS) is 35.3. The molecule has 1 saturated heterocycles. The van der Waals surface area contributed by atoms with Crippen molar-refractivity contribution >= 4 is 5.91 Å². The molecule has 1 heterocycles. The van der Waals surface area contributed by atoms with Gasteiger partial charge in [-0.1, -0.05) is 33.1 Å². The van der Waals surface area contributed by atoms with Gasteiger partial charge in [-0.25, -0.2) is 0 Å². The number of carbonyl (C=O) groups excluding carboxylic acids is 1. The number of hydrogen-bond acceptors (Lipinski definition) is 2. The Balaban J connectivity index is 1.93. The Morgan fingerprint density at radius 1 is 1.25 bits per heavy atom. The van der Waals surface area contributed by atoms with Crippen LogP contribution in [-0.2, 0) is 4.79 Å². The number of nitrogens with one attached hydrogen (secondary N) is 2. The fraction of sp³-hybridized carbons (Fsp3) is 0.941. The van der Waals surface area contributed by atoms with Gasteiger partial charge in [-0.05, 0) is 51.0 Å². The van der Waals surface area contributed by atoms with Crippen molar-refractivity contribution in [1.82, 2.24) is 10.6 Å². The van der Waals surface area contributed by atoms with E-state index in [4.69, 9.17) is 0 Å². The highest BCUT2D eigenvalue weighted by Gasteiger charge is 2.39. The summed E-state index contributed by atoms with van der Waals surface area (Å²) < 4.78 is 0. The van der Waals surface area contributed by atoms with Crippen LogP contribution >= 0.6 is 0 Å². The van der Waals surface area contributed by atoms with Gasteiger partial charge >= 0.3 is 0 Å². The van der Waals surface area contributed by atoms with E-state index in [1.807, 2.05) is 0 Å². The van der Waals surface area contributed by atoms with Gasteiger partial charge in [-0.3, -0.25) is 4.79 Å². The number of amides is 1. The van der Waals surface area contributed by atoms with Gasteiger partial charge in [0.25, 0.3) is 0 Å². The maximum Gasteiger partial charge on any atom is 0.227 e. The molecular weight excluding hydrogens is 248 g/mol. The molecule has 0 aromatic rings. The van der Waals surface area contributed by atoms with Crippen LogP contribution in [0.4, 0.5) is 0 Å². The third-order valence-corrected chi connectivity index (χ3v) is 5.28. The zero-order valence-corrected chi connectivity index (χ0v) is 13.3. The van der Waals surface area contributed by atoms with E-state index < -0.39 is 0 Å². The van der Waals surface area contributed by atoms with E-state index in [0.29, 0.717) is 11.9 Å². The van der Waals surface area contributed by atoms with Crippen molar-refractivity contribution in [3.63, 3.8) is 0 Å². The molecule has 2 fully saturated rings. The molecule has 0 spiro atoms. The molecule has 2 N–H and O–H groups in total. The molecule has 0 aromatic carbocycles. The third kappa shape index (κ3) is 3.97. The van der Waals surface area contributed by atoms with Gasteiger partial charge in [0.1, 0.15) is 0 Å². The maximum absolute atomic E-state index is 12.8. The topological polar surface area (TPSA) is 41.1 Å². The lowest BCUT2D eigenvalue weighted by Crippen LogP contribution is -2.52. The van der Waals surface area contributed by atoms with E-state index in [1.54, 1.807) is 0 Å². The Morgan fingerprint density at radius 3 is 2.80 bits per heavy atom. The predicted molar refractivity (Wildman–Crippen MR) is 83.6 cm³/mol. The predicted octanol–water partition coefficient (Wildman–Crippen LogP) is 3.24. The monoisotopic (exact) mass is 280 g/mol. The van der Waals surface area contributed by atoms with E-state index >= 15 is 0 Å². The van der Waals surface area contributed by atoms with Gasteiger partial charge < -0.3 is 10.6 Å². The van der Waals surface area contributed by atoms with Crippen LogP contribution in [0.15, 0.2) is 0 Å². The first kappa shape index (κ1) is 15.8. The minimum Gasteiger partial charge on any atom is -0.353 e. The summed E-state index contributed by atoms with van der Waals surface area (Å²) in [7, 11) is 0. The molecule has 0 aromatic heterocycles. The molecular formula is C17H32N2O. The number of hydrogen-bond donors (Lipinski definition) is 2. The number of carbonyl (C=O) groups is 1. The molecule has 0 radical (unpaired) electrons. The van der Waals surface area contributed by atoms with Crippen LogP contribution in [0.3, 0.4) is 0 Å². The average molecular weight is 280 g/mol. The summed E-state index contributed by atoms with van der Waals surface area (Å²) in [6.45, 7) is 6.47. The molecule has 1 aliphatic heterocycles. The van der Waals surface area contributed by atoms with Crippen molar-refractivity contribution in [2.45, 2.75) is 77.7 Å². The van der Waals surface area contributed by atoms with Crippen molar-refractivity contribution < 1.29 is 4.79 Å². The molecule has 116 valence electrons. The Labute approximate surface area is 124 Å². The summed E-state index contributed by atoms with van der Waals surface area (Å²) in [5.41, 5.74) is -0.134. The SMILES string of the molecule is CCCC1(C(=O)NC2CCCC(C)CC2)CCCNC1. The van der Waals surface area contributed by atoms with Crippen LogP contribution < -0.4 is 10.6 Å². The van der Waals surface area contributed by atoms with Crippen LogP contribution in [-0.4, -0.2) is 25.0 Å². The second-order valence-electron chi connectivity index (χ2n) is 7.09. The first-order valence-corrected chi connectivity index (χ1v) is 8.68. The Morgan fingerprint density at radius 2 is 2.10 bits per heavy atom. The van der Waals surface area contributed by atoms with Crippen molar-refractivity contribution in [3.05, 3.63) is 0 Å². The standard InChI is InChI=1S/C17H32N2O/c1-3-10-17(11-5-12-18-13-17)16(20)19-15-7-4-6-14(2)8-9-15/h14-15,18H,3-13H2,1-2H3,(H,19,20). The zero-order valence-electron chi connectivity index (χ0n) is 13.3. The summed E-state index contributed by atoms with van der Waals surface area (Å²) in [4.78, 5) is 12.8. The van der Waals surface area contributed by atoms with Crippen LogP contribution in [0, 0.1) is 11.3 Å². The van der Waals surface area contributed by atoms with Crippen LogP contribution in [0.2, 0.25) is 0 Å². The molecule has 2 rings (SSSR count). The molecule has 3 atom stereocenters. The molecule has 3 nitrogen and oxygen atoms in total. The lowest BCUT2D eigenvalue weighted by molar-refractivity contribution is -0.133. The summed E-state index contributed by atoms with van der Waals surface area (Å²) in [6, 6.07) is 0.420. The summed E-state index contributed by atoms with van der Waals surface area (Å²) >= 11 is 0. The fourth-order valence-electron chi connectivity index (χ4n) is 3.94. The van der Waals surface area contributed by atoms with E-state index in [-0.39, 0.29) is 5.41 Å². The van der Waals surface area contributed by atoms with Crippen molar-refractivity contribution in [3.8, 4) is 0 Å². The lowest BCUT2D eigenvalue weighted by atomic mass is 9.76. The zero-order chi connectivity index (χ0) is 14.4. The Bertz CT molecular complexity index is 305. The molecule has 1 amide bonds. The fourth-order valence-corrected chi connectivity index (χ4v) is 3.94. The van der Waals surface area contributed by atoms with Gasteiger partial charge in [0.15, 0.2) is 0 Å². The third-order valence-electron chi connectivity index (χ3n) is 5.28. The van der Waals surface area contributed by atoms with Crippen LogP contribution in [0.25, 0.3) is 0 Å². The largest absolute Gasteiger partial charge is 0.353 e. The number of rotatable bonds is 4. The van der Waals surface area contributed by atoms with E-state index in [1.165, 1.54) is 32.1 Å². The molecule has 0 bridgehead atoms.